The van der Waals surface area contributed by atoms with Gasteiger partial charge in [0, 0.05) is 22.4 Å². The molecule has 0 aliphatic heterocycles. The molecule has 1 heterocycles. The second-order valence-electron chi connectivity index (χ2n) is 7.38. The van der Waals surface area contributed by atoms with Crippen molar-refractivity contribution in [2.45, 2.75) is 25.9 Å². The molecule has 1 aromatic heterocycles. The number of hydrogen-bond acceptors (Lipinski definition) is 3. The predicted molar refractivity (Wildman–Crippen MR) is 124 cm³/mol. The first-order chi connectivity index (χ1) is 15.0. The number of nitrogens with one attached hydrogen (secondary N) is 1. The third kappa shape index (κ3) is 4.67. The molecule has 156 valence electrons. The SMILES string of the molecule is C[C@@H](NC(=O)CCn1nc(-c2ccc(Cl)cc2)c2ccccc2c1=O)c1ccccc1. The van der Waals surface area contributed by atoms with Crippen LogP contribution in [0.3, 0.4) is 0 Å². The minimum absolute atomic E-state index is 0.111. The van der Waals surface area contributed by atoms with E-state index in [2.05, 4.69) is 10.4 Å². The van der Waals surface area contributed by atoms with Crippen molar-refractivity contribution in [2.75, 3.05) is 0 Å². The molecule has 3 aromatic carbocycles. The maximum atomic E-state index is 13.0. The van der Waals surface area contributed by atoms with E-state index in [1.807, 2.05) is 67.6 Å². The maximum Gasteiger partial charge on any atom is 0.274 e. The van der Waals surface area contributed by atoms with Crippen LogP contribution in [-0.4, -0.2) is 15.7 Å². The van der Waals surface area contributed by atoms with Crippen molar-refractivity contribution in [3.8, 4) is 11.3 Å². The van der Waals surface area contributed by atoms with E-state index in [-0.39, 0.29) is 30.5 Å². The van der Waals surface area contributed by atoms with Gasteiger partial charge in [0.05, 0.1) is 23.7 Å². The fraction of sp³-hybridized carbons (Fsp3) is 0.160. The number of amides is 1. The Balaban J connectivity index is 1.59. The van der Waals surface area contributed by atoms with E-state index in [0.29, 0.717) is 16.1 Å². The molecular weight excluding hydrogens is 410 g/mol. The van der Waals surface area contributed by atoms with Crippen molar-refractivity contribution >= 4 is 28.3 Å². The molecule has 1 amide bonds. The highest BCUT2D eigenvalue weighted by molar-refractivity contribution is 6.30. The molecule has 0 radical (unpaired) electrons. The van der Waals surface area contributed by atoms with Crippen molar-refractivity contribution in [1.82, 2.24) is 15.1 Å². The minimum atomic E-state index is -0.211. The Labute approximate surface area is 185 Å². The van der Waals surface area contributed by atoms with E-state index in [4.69, 9.17) is 11.6 Å². The number of carbonyl (C=O) groups excluding carboxylic acids is 1. The number of aromatic nitrogens is 2. The highest BCUT2D eigenvalue weighted by atomic mass is 35.5. The first-order valence-corrected chi connectivity index (χ1v) is 10.5. The van der Waals surface area contributed by atoms with Gasteiger partial charge in [-0.3, -0.25) is 9.59 Å². The molecule has 1 atom stereocenters. The first kappa shape index (κ1) is 20.8. The standard InChI is InChI=1S/C25H22ClN3O2/c1-17(18-7-3-2-4-8-18)27-23(30)15-16-29-25(31)22-10-6-5-9-21(22)24(28-29)19-11-13-20(26)14-12-19/h2-14,17H,15-16H2,1H3,(H,27,30)/t17-/m1/s1. The van der Waals surface area contributed by atoms with Crippen LogP contribution in [0, 0.1) is 0 Å². The van der Waals surface area contributed by atoms with Crippen LogP contribution in [0.25, 0.3) is 22.0 Å². The first-order valence-electron chi connectivity index (χ1n) is 10.1. The van der Waals surface area contributed by atoms with Crippen LogP contribution in [0.5, 0.6) is 0 Å². The Morgan fingerprint density at radius 1 is 0.968 bits per heavy atom. The molecule has 0 bridgehead atoms. The summed E-state index contributed by atoms with van der Waals surface area (Å²) in [4.78, 5) is 25.5. The van der Waals surface area contributed by atoms with Crippen LogP contribution in [0.4, 0.5) is 0 Å². The molecule has 0 fully saturated rings. The van der Waals surface area contributed by atoms with E-state index in [1.165, 1.54) is 4.68 Å². The fourth-order valence-corrected chi connectivity index (χ4v) is 3.68. The molecule has 0 saturated heterocycles. The summed E-state index contributed by atoms with van der Waals surface area (Å²) < 4.78 is 1.37. The third-order valence-electron chi connectivity index (χ3n) is 5.21. The zero-order chi connectivity index (χ0) is 21.8. The van der Waals surface area contributed by atoms with Crippen molar-refractivity contribution in [2.24, 2.45) is 0 Å². The van der Waals surface area contributed by atoms with Gasteiger partial charge >= 0.3 is 0 Å². The van der Waals surface area contributed by atoms with Crippen LogP contribution < -0.4 is 10.9 Å². The summed E-state index contributed by atoms with van der Waals surface area (Å²) in [5, 5.41) is 9.54. The summed E-state index contributed by atoms with van der Waals surface area (Å²) in [5.41, 5.74) is 2.36. The van der Waals surface area contributed by atoms with Crippen molar-refractivity contribution < 1.29 is 4.79 Å². The zero-order valence-electron chi connectivity index (χ0n) is 17.1. The van der Waals surface area contributed by atoms with Gasteiger partial charge < -0.3 is 5.32 Å². The Morgan fingerprint density at radius 3 is 2.32 bits per heavy atom. The summed E-state index contributed by atoms with van der Waals surface area (Å²) in [6.07, 6.45) is 0.155. The van der Waals surface area contributed by atoms with Gasteiger partial charge in [0.2, 0.25) is 5.91 Å². The van der Waals surface area contributed by atoms with E-state index in [1.54, 1.807) is 18.2 Å². The van der Waals surface area contributed by atoms with Gasteiger partial charge in [-0.1, -0.05) is 72.3 Å². The number of rotatable bonds is 6. The van der Waals surface area contributed by atoms with Crippen LogP contribution in [0.2, 0.25) is 5.02 Å². The number of carbonyl (C=O) groups is 1. The number of fused-ring (bicyclic) bond motifs is 1. The summed E-state index contributed by atoms with van der Waals surface area (Å²) in [6, 6.07) is 24.4. The Morgan fingerprint density at radius 2 is 1.61 bits per heavy atom. The average Bonchev–Trinajstić information content (AvgIpc) is 2.80. The monoisotopic (exact) mass is 431 g/mol. The van der Waals surface area contributed by atoms with Gasteiger partial charge in [0.15, 0.2) is 0 Å². The van der Waals surface area contributed by atoms with Gasteiger partial charge in [0.25, 0.3) is 5.56 Å². The van der Waals surface area contributed by atoms with Gasteiger partial charge in [0.1, 0.15) is 0 Å². The highest BCUT2D eigenvalue weighted by Crippen LogP contribution is 2.25. The normalized spacial score (nSPS) is 11.9. The van der Waals surface area contributed by atoms with Gasteiger partial charge in [-0.05, 0) is 30.7 Å². The van der Waals surface area contributed by atoms with Crippen molar-refractivity contribution in [3.63, 3.8) is 0 Å². The summed E-state index contributed by atoms with van der Waals surface area (Å²) >= 11 is 6.02. The Hall–Kier alpha value is -3.44. The minimum Gasteiger partial charge on any atom is -0.350 e. The molecule has 0 spiro atoms. The van der Waals surface area contributed by atoms with Gasteiger partial charge in [-0.2, -0.15) is 5.10 Å². The summed E-state index contributed by atoms with van der Waals surface area (Å²) in [6.45, 7) is 2.13. The fourth-order valence-electron chi connectivity index (χ4n) is 3.55. The Bertz CT molecular complexity index is 1270. The topological polar surface area (TPSA) is 64.0 Å². The number of benzene rings is 3. The van der Waals surface area contributed by atoms with Crippen LogP contribution in [-0.2, 0) is 11.3 Å². The Kier molecular flexibility index (Phi) is 6.14. The van der Waals surface area contributed by atoms with E-state index in [0.717, 1.165) is 16.5 Å². The lowest BCUT2D eigenvalue weighted by atomic mass is 10.1. The van der Waals surface area contributed by atoms with Gasteiger partial charge in [-0.25, -0.2) is 4.68 Å². The van der Waals surface area contributed by atoms with Gasteiger partial charge in [-0.15, -0.1) is 0 Å². The average molecular weight is 432 g/mol. The third-order valence-corrected chi connectivity index (χ3v) is 5.47. The molecule has 1 N–H and O–H groups in total. The molecule has 5 nitrogen and oxygen atoms in total. The van der Waals surface area contributed by atoms with Crippen LogP contribution in [0.15, 0.2) is 83.7 Å². The lowest BCUT2D eigenvalue weighted by Crippen LogP contribution is -2.30. The number of aryl methyl sites for hydroxylation is 1. The predicted octanol–water partition coefficient (Wildman–Crippen LogP) is 4.98. The summed E-state index contributed by atoms with van der Waals surface area (Å²) in [5.74, 6) is -0.133. The molecule has 0 aliphatic rings. The molecule has 6 heteroatoms. The molecular formula is C25H22ClN3O2. The van der Waals surface area contributed by atoms with Crippen LogP contribution >= 0.6 is 11.6 Å². The zero-order valence-corrected chi connectivity index (χ0v) is 17.8. The van der Waals surface area contributed by atoms with E-state index < -0.39 is 0 Å². The quantitative estimate of drug-likeness (QED) is 0.468. The van der Waals surface area contributed by atoms with E-state index >= 15 is 0 Å². The smallest absolute Gasteiger partial charge is 0.274 e. The number of halogens is 1. The lowest BCUT2D eigenvalue weighted by Gasteiger charge is -2.15. The largest absolute Gasteiger partial charge is 0.350 e. The molecule has 0 unspecified atom stereocenters. The second kappa shape index (κ2) is 9.14. The summed E-state index contributed by atoms with van der Waals surface area (Å²) in [7, 11) is 0. The molecule has 4 aromatic rings. The second-order valence-corrected chi connectivity index (χ2v) is 7.82. The number of nitrogens with zero attached hydrogens (tertiary/aromatic N) is 2. The molecule has 4 rings (SSSR count). The van der Waals surface area contributed by atoms with E-state index in [9.17, 15) is 9.59 Å². The lowest BCUT2D eigenvalue weighted by molar-refractivity contribution is -0.122. The van der Waals surface area contributed by atoms with Crippen molar-refractivity contribution in [3.05, 3.63) is 99.8 Å². The highest BCUT2D eigenvalue weighted by Gasteiger charge is 2.14. The van der Waals surface area contributed by atoms with Crippen molar-refractivity contribution in [1.29, 1.82) is 0 Å². The number of hydrogen-bond donors (Lipinski definition) is 1. The maximum absolute atomic E-state index is 13.0. The molecule has 0 saturated carbocycles. The van der Waals surface area contributed by atoms with Crippen LogP contribution in [0.1, 0.15) is 24.9 Å². The molecule has 0 aliphatic carbocycles. The molecule has 31 heavy (non-hydrogen) atoms.